The highest BCUT2D eigenvalue weighted by Crippen LogP contribution is 2.26. The van der Waals surface area contributed by atoms with E-state index >= 15 is 0 Å². The van der Waals surface area contributed by atoms with Crippen molar-refractivity contribution in [2.24, 2.45) is 11.7 Å². The quantitative estimate of drug-likeness (QED) is 0.789. The van der Waals surface area contributed by atoms with E-state index in [-0.39, 0.29) is 0 Å². The molecule has 0 bridgehead atoms. The maximum Gasteiger partial charge on any atom is 0.151 e. The number of nitrogens with zero attached hydrogens (tertiary/aromatic N) is 3. The Morgan fingerprint density at radius 2 is 2.24 bits per heavy atom. The molecule has 2 N–H and O–H groups in total. The van der Waals surface area contributed by atoms with Crippen LogP contribution in [-0.4, -0.2) is 29.3 Å². The number of hydrogen-bond acceptors (Lipinski definition) is 4. The summed E-state index contributed by atoms with van der Waals surface area (Å²) in [7, 11) is 0. The van der Waals surface area contributed by atoms with E-state index in [0.29, 0.717) is 6.04 Å². The lowest BCUT2D eigenvalue weighted by atomic mass is 9.88. The van der Waals surface area contributed by atoms with E-state index in [0.717, 1.165) is 44.1 Å². The van der Waals surface area contributed by atoms with Crippen LogP contribution in [0.15, 0.2) is 6.07 Å². The number of rotatable bonds is 1. The van der Waals surface area contributed by atoms with Crippen molar-refractivity contribution in [2.75, 3.05) is 18.0 Å². The SMILES string of the molecule is C[C@@H]1CCc2nnc(N3CC[C@H](N)C3)cc2C1. The van der Waals surface area contributed by atoms with Gasteiger partial charge in [0.2, 0.25) is 0 Å². The van der Waals surface area contributed by atoms with Crippen LogP contribution in [0.25, 0.3) is 0 Å². The van der Waals surface area contributed by atoms with Crippen molar-refractivity contribution in [2.45, 2.75) is 38.6 Å². The van der Waals surface area contributed by atoms with Crippen LogP contribution < -0.4 is 10.6 Å². The number of hydrogen-bond donors (Lipinski definition) is 1. The van der Waals surface area contributed by atoms with Gasteiger partial charge in [0.1, 0.15) is 0 Å². The van der Waals surface area contributed by atoms with Gasteiger partial charge in [0.15, 0.2) is 5.82 Å². The van der Waals surface area contributed by atoms with Crippen LogP contribution in [0.1, 0.15) is 31.0 Å². The summed E-state index contributed by atoms with van der Waals surface area (Å²) < 4.78 is 0. The Balaban J connectivity index is 1.85. The highest BCUT2D eigenvalue weighted by molar-refractivity contribution is 5.43. The highest BCUT2D eigenvalue weighted by Gasteiger charge is 2.23. The van der Waals surface area contributed by atoms with Gasteiger partial charge >= 0.3 is 0 Å². The second-order valence-electron chi connectivity index (χ2n) is 5.52. The fraction of sp³-hybridized carbons (Fsp3) is 0.692. The standard InChI is InChI=1S/C13H20N4/c1-9-2-3-12-10(6-9)7-13(16-15-12)17-5-4-11(14)8-17/h7,9,11H,2-6,8,14H2,1H3/t9-,11+/m1/s1. The zero-order chi connectivity index (χ0) is 11.8. The Kier molecular flexibility index (Phi) is 2.74. The topological polar surface area (TPSA) is 55.0 Å². The number of aryl methyl sites for hydroxylation is 1. The Labute approximate surface area is 102 Å². The first-order valence-corrected chi connectivity index (χ1v) is 6.58. The molecule has 0 saturated carbocycles. The molecule has 0 spiro atoms. The van der Waals surface area contributed by atoms with E-state index in [1.807, 2.05) is 0 Å². The second-order valence-corrected chi connectivity index (χ2v) is 5.52. The lowest BCUT2D eigenvalue weighted by molar-refractivity contribution is 0.490. The lowest BCUT2D eigenvalue weighted by Crippen LogP contribution is -2.27. The lowest BCUT2D eigenvalue weighted by Gasteiger charge is -2.23. The maximum atomic E-state index is 5.93. The van der Waals surface area contributed by atoms with Crippen molar-refractivity contribution in [3.05, 3.63) is 17.3 Å². The van der Waals surface area contributed by atoms with Gasteiger partial charge in [-0.2, -0.15) is 5.10 Å². The molecule has 0 unspecified atom stereocenters. The van der Waals surface area contributed by atoms with Crippen LogP contribution >= 0.6 is 0 Å². The fourth-order valence-corrected chi connectivity index (χ4v) is 2.84. The Hall–Kier alpha value is -1.16. The van der Waals surface area contributed by atoms with Gasteiger partial charge in [-0.25, -0.2) is 0 Å². The molecule has 1 saturated heterocycles. The average molecular weight is 232 g/mol. The molecule has 2 heterocycles. The van der Waals surface area contributed by atoms with Crippen molar-refractivity contribution in [3.63, 3.8) is 0 Å². The summed E-state index contributed by atoms with van der Waals surface area (Å²) in [6, 6.07) is 2.53. The highest BCUT2D eigenvalue weighted by atomic mass is 15.3. The van der Waals surface area contributed by atoms with Crippen molar-refractivity contribution >= 4 is 5.82 Å². The van der Waals surface area contributed by atoms with Gasteiger partial charge in [-0.05, 0) is 43.2 Å². The molecule has 2 aliphatic rings. The van der Waals surface area contributed by atoms with E-state index in [9.17, 15) is 0 Å². The molecular weight excluding hydrogens is 212 g/mol. The molecule has 1 fully saturated rings. The van der Waals surface area contributed by atoms with E-state index in [1.165, 1.54) is 17.7 Å². The minimum Gasteiger partial charge on any atom is -0.354 e. The molecule has 1 aromatic heterocycles. The van der Waals surface area contributed by atoms with Crippen LogP contribution in [0.3, 0.4) is 0 Å². The average Bonchev–Trinajstić information content (AvgIpc) is 2.75. The van der Waals surface area contributed by atoms with Crippen molar-refractivity contribution in [1.82, 2.24) is 10.2 Å². The van der Waals surface area contributed by atoms with Crippen LogP contribution in [0.2, 0.25) is 0 Å². The number of aromatic nitrogens is 2. The molecule has 92 valence electrons. The maximum absolute atomic E-state index is 5.93. The van der Waals surface area contributed by atoms with Gasteiger partial charge in [0, 0.05) is 19.1 Å². The summed E-state index contributed by atoms with van der Waals surface area (Å²) in [6.45, 7) is 4.25. The first kappa shape index (κ1) is 11.0. The first-order valence-electron chi connectivity index (χ1n) is 6.58. The smallest absolute Gasteiger partial charge is 0.151 e. The predicted octanol–water partition coefficient (Wildman–Crippen LogP) is 1.14. The minimum atomic E-state index is 0.298. The van der Waals surface area contributed by atoms with Gasteiger partial charge in [-0.15, -0.1) is 5.10 Å². The van der Waals surface area contributed by atoms with Gasteiger partial charge in [0.25, 0.3) is 0 Å². The largest absolute Gasteiger partial charge is 0.354 e. The molecule has 0 radical (unpaired) electrons. The zero-order valence-corrected chi connectivity index (χ0v) is 10.4. The zero-order valence-electron chi connectivity index (χ0n) is 10.4. The van der Waals surface area contributed by atoms with E-state index < -0.39 is 0 Å². The van der Waals surface area contributed by atoms with E-state index in [2.05, 4.69) is 28.1 Å². The third kappa shape index (κ3) is 2.14. The molecule has 1 aliphatic carbocycles. The molecule has 17 heavy (non-hydrogen) atoms. The summed E-state index contributed by atoms with van der Waals surface area (Å²) in [5.41, 5.74) is 8.53. The van der Waals surface area contributed by atoms with E-state index in [1.54, 1.807) is 0 Å². The van der Waals surface area contributed by atoms with Gasteiger partial charge < -0.3 is 10.6 Å². The second kappa shape index (κ2) is 4.26. The van der Waals surface area contributed by atoms with Crippen molar-refractivity contribution in [3.8, 4) is 0 Å². The fourth-order valence-electron chi connectivity index (χ4n) is 2.84. The molecule has 3 rings (SSSR count). The Morgan fingerprint density at radius 3 is 3.00 bits per heavy atom. The minimum absolute atomic E-state index is 0.298. The molecule has 0 aromatic carbocycles. The first-order chi connectivity index (χ1) is 8.22. The summed E-state index contributed by atoms with van der Waals surface area (Å²) in [5.74, 6) is 1.80. The molecule has 2 atom stereocenters. The number of anilines is 1. The monoisotopic (exact) mass is 232 g/mol. The van der Waals surface area contributed by atoms with Gasteiger partial charge in [-0.1, -0.05) is 6.92 Å². The summed E-state index contributed by atoms with van der Waals surface area (Å²) >= 11 is 0. The van der Waals surface area contributed by atoms with Gasteiger partial charge in [0.05, 0.1) is 5.69 Å². The van der Waals surface area contributed by atoms with Crippen molar-refractivity contribution < 1.29 is 0 Å². The van der Waals surface area contributed by atoms with Crippen LogP contribution in [0.5, 0.6) is 0 Å². The predicted molar refractivity (Wildman–Crippen MR) is 68.0 cm³/mol. The molecule has 0 amide bonds. The van der Waals surface area contributed by atoms with Crippen molar-refractivity contribution in [1.29, 1.82) is 0 Å². The van der Waals surface area contributed by atoms with Crippen LogP contribution in [0, 0.1) is 5.92 Å². The third-order valence-electron chi connectivity index (χ3n) is 3.94. The molecule has 4 nitrogen and oxygen atoms in total. The molecule has 1 aliphatic heterocycles. The summed E-state index contributed by atoms with van der Waals surface area (Å²) in [5, 5.41) is 8.74. The summed E-state index contributed by atoms with van der Waals surface area (Å²) in [4.78, 5) is 2.26. The van der Waals surface area contributed by atoms with E-state index in [4.69, 9.17) is 5.73 Å². The summed E-state index contributed by atoms with van der Waals surface area (Å²) in [6.07, 6.45) is 4.55. The molecule has 4 heteroatoms. The normalized spacial score (nSPS) is 28.2. The third-order valence-corrected chi connectivity index (χ3v) is 3.94. The number of nitrogens with two attached hydrogens (primary N) is 1. The van der Waals surface area contributed by atoms with Crippen LogP contribution in [0.4, 0.5) is 5.82 Å². The Bertz CT molecular complexity index is 418. The van der Waals surface area contributed by atoms with Gasteiger partial charge in [-0.3, -0.25) is 0 Å². The molecular formula is C13H20N4. The van der Waals surface area contributed by atoms with Crippen LogP contribution in [-0.2, 0) is 12.8 Å². The Morgan fingerprint density at radius 1 is 1.35 bits per heavy atom. The molecule has 1 aromatic rings. The number of fused-ring (bicyclic) bond motifs is 1.